The van der Waals surface area contributed by atoms with Gasteiger partial charge in [0, 0.05) is 6.42 Å². The smallest absolute Gasteiger partial charge is 0.311 e. The molecule has 0 aliphatic rings. The van der Waals surface area contributed by atoms with Crippen LogP contribution in [0.4, 0.5) is 0 Å². The van der Waals surface area contributed by atoms with Crippen LogP contribution in [-0.2, 0) is 9.59 Å². The van der Waals surface area contributed by atoms with Gasteiger partial charge in [0.05, 0.1) is 13.5 Å². The number of carbonyl (C=O) groups excluding carboxylic acids is 2. The Kier molecular flexibility index (Phi) is 4.32. The molecule has 0 saturated carbocycles. The van der Waals surface area contributed by atoms with Crippen molar-refractivity contribution in [2.45, 2.75) is 12.8 Å². The lowest BCUT2D eigenvalue weighted by atomic mass is 10.3. The average Bonchev–Trinajstić information content (AvgIpc) is 2.27. The highest BCUT2D eigenvalue weighted by molar-refractivity contribution is 5.80. The van der Waals surface area contributed by atoms with Crippen LogP contribution in [0.3, 0.4) is 0 Å². The van der Waals surface area contributed by atoms with E-state index in [1.54, 1.807) is 31.4 Å². The molecular weight excluding hydrogens is 210 g/mol. The number of amides is 1. The van der Waals surface area contributed by atoms with E-state index in [0.717, 1.165) is 0 Å². The van der Waals surface area contributed by atoms with Gasteiger partial charge in [0.25, 0.3) is 0 Å². The van der Waals surface area contributed by atoms with E-state index in [1.165, 1.54) is 0 Å². The Morgan fingerprint density at radius 1 is 1.12 bits per heavy atom. The fraction of sp³-hybridized carbons (Fsp3) is 0.273. The Bertz CT molecular complexity index is 372. The molecule has 0 bridgehead atoms. The molecule has 86 valence electrons. The third-order valence-electron chi connectivity index (χ3n) is 1.87. The van der Waals surface area contributed by atoms with Gasteiger partial charge in [-0.3, -0.25) is 9.59 Å². The Balaban J connectivity index is 2.46. The van der Waals surface area contributed by atoms with Gasteiger partial charge in [-0.15, -0.1) is 0 Å². The maximum absolute atomic E-state index is 11.2. The third-order valence-corrected chi connectivity index (χ3v) is 1.87. The molecule has 0 aliphatic heterocycles. The van der Waals surface area contributed by atoms with Gasteiger partial charge in [0.1, 0.15) is 11.5 Å². The summed E-state index contributed by atoms with van der Waals surface area (Å²) in [5.41, 5.74) is 4.91. The molecule has 5 nitrogen and oxygen atoms in total. The zero-order chi connectivity index (χ0) is 12.0. The SMILES string of the molecule is COc1ccc(OC(=O)CCC(N)=O)cc1. The van der Waals surface area contributed by atoms with Gasteiger partial charge < -0.3 is 15.2 Å². The Morgan fingerprint density at radius 2 is 1.69 bits per heavy atom. The van der Waals surface area contributed by atoms with Crippen molar-refractivity contribution in [3.63, 3.8) is 0 Å². The van der Waals surface area contributed by atoms with Gasteiger partial charge in [-0.05, 0) is 24.3 Å². The lowest BCUT2D eigenvalue weighted by molar-refractivity contribution is -0.136. The second-order valence-corrected chi connectivity index (χ2v) is 3.12. The molecule has 1 rings (SSSR count). The first-order valence-corrected chi connectivity index (χ1v) is 4.75. The molecule has 0 aromatic heterocycles. The molecule has 5 heteroatoms. The topological polar surface area (TPSA) is 78.6 Å². The molecule has 1 amide bonds. The molecule has 2 N–H and O–H groups in total. The van der Waals surface area contributed by atoms with Gasteiger partial charge in [0.15, 0.2) is 0 Å². The van der Waals surface area contributed by atoms with Crippen molar-refractivity contribution in [1.29, 1.82) is 0 Å². The van der Waals surface area contributed by atoms with Crippen molar-refractivity contribution in [3.05, 3.63) is 24.3 Å². The number of ether oxygens (including phenoxy) is 2. The summed E-state index contributed by atoms with van der Waals surface area (Å²) in [5.74, 6) is 0.0860. The monoisotopic (exact) mass is 223 g/mol. The predicted molar refractivity (Wildman–Crippen MR) is 57.1 cm³/mol. The summed E-state index contributed by atoms with van der Waals surface area (Å²) in [6.07, 6.45) is -0.0175. The van der Waals surface area contributed by atoms with Crippen LogP contribution in [0.25, 0.3) is 0 Å². The van der Waals surface area contributed by atoms with E-state index in [-0.39, 0.29) is 12.8 Å². The second-order valence-electron chi connectivity index (χ2n) is 3.12. The van der Waals surface area contributed by atoms with Gasteiger partial charge in [0.2, 0.25) is 5.91 Å². The Labute approximate surface area is 93.1 Å². The average molecular weight is 223 g/mol. The molecule has 0 unspecified atom stereocenters. The molecule has 0 aliphatic carbocycles. The lowest BCUT2D eigenvalue weighted by Crippen LogP contribution is -2.15. The molecule has 1 aromatic carbocycles. The summed E-state index contributed by atoms with van der Waals surface area (Å²) >= 11 is 0. The minimum absolute atomic E-state index is 0.00497. The highest BCUT2D eigenvalue weighted by Crippen LogP contribution is 2.17. The molecule has 0 atom stereocenters. The van der Waals surface area contributed by atoms with Crippen molar-refractivity contribution in [2.24, 2.45) is 5.73 Å². The summed E-state index contributed by atoms with van der Waals surface area (Å²) in [5, 5.41) is 0. The molecule has 0 fully saturated rings. The number of rotatable bonds is 5. The normalized spacial score (nSPS) is 9.56. The molecule has 1 aromatic rings. The van der Waals surface area contributed by atoms with Crippen LogP contribution in [0.1, 0.15) is 12.8 Å². The lowest BCUT2D eigenvalue weighted by Gasteiger charge is -2.04. The first kappa shape index (κ1) is 12.0. The summed E-state index contributed by atoms with van der Waals surface area (Å²) < 4.78 is 9.91. The number of methoxy groups -OCH3 is 1. The van der Waals surface area contributed by atoms with Crippen molar-refractivity contribution in [3.8, 4) is 11.5 Å². The second kappa shape index (κ2) is 5.75. The summed E-state index contributed by atoms with van der Waals surface area (Å²) in [7, 11) is 1.55. The summed E-state index contributed by atoms with van der Waals surface area (Å²) in [6.45, 7) is 0. The number of hydrogen-bond donors (Lipinski definition) is 1. The Morgan fingerprint density at radius 3 is 2.19 bits per heavy atom. The predicted octanol–water partition coefficient (Wildman–Crippen LogP) is 0.866. The number of primary amides is 1. The molecule has 0 spiro atoms. The zero-order valence-corrected chi connectivity index (χ0v) is 8.93. The van der Waals surface area contributed by atoms with Crippen molar-refractivity contribution in [1.82, 2.24) is 0 Å². The summed E-state index contributed by atoms with van der Waals surface area (Å²) in [4.78, 5) is 21.6. The standard InChI is InChI=1S/C11H13NO4/c1-15-8-2-4-9(5-3-8)16-11(14)7-6-10(12)13/h2-5H,6-7H2,1H3,(H2,12,13). The van der Waals surface area contributed by atoms with E-state index in [0.29, 0.717) is 11.5 Å². The number of carbonyl (C=O) groups is 2. The number of nitrogens with two attached hydrogens (primary N) is 1. The zero-order valence-electron chi connectivity index (χ0n) is 8.93. The fourth-order valence-electron chi connectivity index (χ4n) is 1.05. The van der Waals surface area contributed by atoms with Gasteiger partial charge >= 0.3 is 5.97 Å². The first-order chi connectivity index (χ1) is 7.61. The fourth-order valence-corrected chi connectivity index (χ4v) is 1.05. The van der Waals surface area contributed by atoms with Crippen LogP contribution in [0, 0.1) is 0 Å². The Hall–Kier alpha value is -2.04. The minimum atomic E-state index is -0.522. The van der Waals surface area contributed by atoms with E-state index in [2.05, 4.69) is 0 Å². The highest BCUT2D eigenvalue weighted by Gasteiger charge is 2.06. The number of hydrogen-bond acceptors (Lipinski definition) is 4. The van der Waals surface area contributed by atoms with Crippen LogP contribution < -0.4 is 15.2 Å². The van der Waals surface area contributed by atoms with Gasteiger partial charge in [-0.2, -0.15) is 0 Å². The largest absolute Gasteiger partial charge is 0.497 e. The number of esters is 1. The van der Waals surface area contributed by atoms with E-state index >= 15 is 0 Å². The minimum Gasteiger partial charge on any atom is -0.497 e. The first-order valence-electron chi connectivity index (χ1n) is 4.75. The van der Waals surface area contributed by atoms with Gasteiger partial charge in [-0.1, -0.05) is 0 Å². The quantitative estimate of drug-likeness (QED) is 0.593. The van der Waals surface area contributed by atoms with Crippen LogP contribution in [-0.4, -0.2) is 19.0 Å². The highest BCUT2D eigenvalue weighted by atomic mass is 16.5. The molecule has 16 heavy (non-hydrogen) atoms. The molecule has 0 saturated heterocycles. The van der Waals surface area contributed by atoms with Crippen molar-refractivity contribution < 1.29 is 19.1 Å². The van der Waals surface area contributed by atoms with E-state index < -0.39 is 11.9 Å². The maximum atomic E-state index is 11.2. The molecular formula is C11H13NO4. The van der Waals surface area contributed by atoms with Crippen LogP contribution >= 0.6 is 0 Å². The van der Waals surface area contributed by atoms with E-state index in [9.17, 15) is 9.59 Å². The van der Waals surface area contributed by atoms with E-state index in [4.69, 9.17) is 15.2 Å². The van der Waals surface area contributed by atoms with Crippen LogP contribution in [0.15, 0.2) is 24.3 Å². The van der Waals surface area contributed by atoms with Crippen molar-refractivity contribution >= 4 is 11.9 Å². The van der Waals surface area contributed by atoms with Crippen LogP contribution in [0.5, 0.6) is 11.5 Å². The van der Waals surface area contributed by atoms with Crippen LogP contribution in [0.2, 0.25) is 0 Å². The maximum Gasteiger partial charge on any atom is 0.311 e. The van der Waals surface area contributed by atoms with Crippen molar-refractivity contribution in [2.75, 3.05) is 7.11 Å². The molecule has 0 radical (unpaired) electrons. The summed E-state index contributed by atoms with van der Waals surface area (Å²) in [6, 6.07) is 6.58. The van der Waals surface area contributed by atoms with Gasteiger partial charge in [-0.25, -0.2) is 0 Å². The third kappa shape index (κ3) is 4.00. The van der Waals surface area contributed by atoms with E-state index in [1.807, 2.05) is 0 Å². The molecule has 0 heterocycles. The number of benzene rings is 1.